The van der Waals surface area contributed by atoms with Crippen molar-refractivity contribution in [1.82, 2.24) is 4.31 Å². The predicted molar refractivity (Wildman–Crippen MR) is 79.1 cm³/mol. The molecule has 0 unspecified atom stereocenters. The molecule has 0 bridgehead atoms. The molecule has 122 valence electrons. The van der Waals surface area contributed by atoms with Crippen molar-refractivity contribution in [1.29, 1.82) is 0 Å². The third kappa shape index (κ3) is 3.53. The van der Waals surface area contributed by atoms with Gasteiger partial charge in [0.2, 0.25) is 10.0 Å². The van der Waals surface area contributed by atoms with Crippen LogP contribution in [0.3, 0.4) is 0 Å². The van der Waals surface area contributed by atoms with Crippen LogP contribution in [0.4, 0.5) is 0 Å². The Bertz CT molecular complexity index is 653. The Labute approximate surface area is 134 Å². The van der Waals surface area contributed by atoms with Gasteiger partial charge in [0.25, 0.3) is 0 Å². The van der Waals surface area contributed by atoms with Gasteiger partial charge in [0.05, 0.1) is 16.5 Å². The van der Waals surface area contributed by atoms with E-state index in [1.54, 1.807) is 0 Å². The molecule has 1 aromatic rings. The Balaban J connectivity index is 2.17. The lowest BCUT2D eigenvalue weighted by atomic mass is 9.99. The van der Waals surface area contributed by atoms with Gasteiger partial charge in [-0.05, 0) is 38.0 Å². The van der Waals surface area contributed by atoms with Crippen LogP contribution >= 0.6 is 11.6 Å². The molecule has 8 heteroatoms. The molecule has 22 heavy (non-hydrogen) atoms. The van der Waals surface area contributed by atoms with E-state index in [1.165, 1.54) is 22.5 Å². The molecular weight excluding hydrogens is 330 g/mol. The van der Waals surface area contributed by atoms with Crippen molar-refractivity contribution in [3.05, 3.63) is 23.2 Å². The van der Waals surface area contributed by atoms with Crippen LogP contribution in [0.1, 0.15) is 19.8 Å². The number of sulfonamides is 1. The summed E-state index contributed by atoms with van der Waals surface area (Å²) in [6, 6.07) is 4.32. The van der Waals surface area contributed by atoms with E-state index in [0.29, 0.717) is 12.4 Å². The number of rotatable bonds is 5. The zero-order valence-electron chi connectivity index (χ0n) is 12.1. The third-order valence-electron chi connectivity index (χ3n) is 3.63. The van der Waals surface area contributed by atoms with Crippen LogP contribution < -0.4 is 9.84 Å². The van der Waals surface area contributed by atoms with Gasteiger partial charge in [-0.3, -0.25) is 0 Å². The maximum absolute atomic E-state index is 12.5. The van der Waals surface area contributed by atoms with E-state index >= 15 is 0 Å². The van der Waals surface area contributed by atoms with Crippen molar-refractivity contribution in [2.45, 2.75) is 24.7 Å². The molecule has 1 aromatic carbocycles. The van der Waals surface area contributed by atoms with Crippen LogP contribution in [0, 0.1) is 5.92 Å². The second kappa shape index (κ2) is 6.85. The van der Waals surface area contributed by atoms with E-state index < -0.39 is 21.9 Å². The number of carboxylic acid groups (broad SMARTS) is 1. The number of ether oxygens (including phenoxy) is 1. The van der Waals surface area contributed by atoms with Gasteiger partial charge in [0.15, 0.2) is 0 Å². The van der Waals surface area contributed by atoms with Crippen LogP contribution in [0.5, 0.6) is 5.75 Å². The highest BCUT2D eigenvalue weighted by Gasteiger charge is 2.30. The summed E-state index contributed by atoms with van der Waals surface area (Å²) in [6.45, 7) is 2.56. The Hall–Kier alpha value is -1.31. The Morgan fingerprint density at radius 1 is 1.41 bits per heavy atom. The molecule has 0 spiro atoms. The molecule has 1 saturated heterocycles. The molecule has 0 radical (unpaired) electrons. The largest absolute Gasteiger partial charge is 0.550 e. The van der Waals surface area contributed by atoms with E-state index in [0.717, 1.165) is 0 Å². The first kappa shape index (κ1) is 17.1. The van der Waals surface area contributed by atoms with Gasteiger partial charge in [-0.25, -0.2) is 8.42 Å². The van der Waals surface area contributed by atoms with Gasteiger partial charge < -0.3 is 14.6 Å². The second-order valence-electron chi connectivity index (χ2n) is 5.02. The minimum absolute atomic E-state index is 0.0767. The lowest BCUT2D eigenvalue weighted by Gasteiger charge is -2.31. The van der Waals surface area contributed by atoms with Crippen LogP contribution in [-0.2, 0) is 14.8 Å². The number of hydrogen-bond donors (Lipinski definition) is 0. The van der Waals surface area contributed by atoms with Gasteiger partial charge in [-0.2, -0.15) is 4.31 Å². The Kier molecular flexibility index (Phi) is 5.31. The van der Waals surface area contributed by atoms with Crippen molar-refractivity contribution >= 4 is 27.6 Å². The molecule has 1 aliphatic rings. The van der Waals surface area contributed by atoms with Crippen molar-refractivity contribution in [2.24, 2.45) is 5.92 Å². The second-order valence-corrected chi connectivity index (χ2v) is 7.37. The van der Waals surface area contributed by atoms with Gasteiger partial charge in [-0.1, -0.05) is 11.6 Å². The molecule has 1 aliphatic heterocycles. The van der Waals surface area contributed by atoms with Gasteiger partial charge in [0, 0.05) is 25.0 Å². The van der Waals surface area contributed by atoms with E-state index in [9.17, 15) is 18.3 Å². The van der Waals surface area contributed by atoms with Gasteiger partial charge >= 0.3 is 0 Å². The average molecular weight is 347 g/mol. The van der Waals surface area contributed by atoms with Crippen LogP contribution in [0.15, 0.2) is 23.1 Å². The first-order valence-electron chi connectivity index (χ1n) is 6.99. The van der Waals surface area contributed by atoms with Gasteiger partial charge in [0.1, 0.15) is 5.75 Å². The van der Waals surface area contributed by atoms with Crippen LogP contribution in [0.2, 0.25) is 5.02 Å². The summed E-state index contributed by atoms with van der Waals surface area (Å²) in [7, 11) is -3.69. The van der Waals surface area contributed by atoms with E-state index in [-0.39, 0.29) is 35.8 Å². The number of hydrogen-bond acceptors (Lipinski definition) is 5. The predicted octanol–water partition coefficient (Wildman–Crippen LogP) is 0.889. The van der Waals surface area contributed by atoms with E-state index in [2.05, 4.69) is 0 Å². The summed E-state index contributed by atoms with van der Waals surface area (Å²) < 4.78 is 31.7. The number of benzene rings is 1. The van der Waals surface area contributed by atoms with Crippen molar-refractivity contribution in [3.8, 4) is 5.75 Å². The lowest BCUT2D eigenvalue weighted by Crippen LogP contribution is -2.43. The molecular formula is C14H17ClNO5S-. The van der Waals surface area contributed by atoms with Crippen molar-refractivity contribution in [2.75, 3.05) is 19.7 Å². The molecule has 0 saturated carbocycles. The van der Waals surface area contributed by atoms with Crippen molar-refractivity contribution in [3.63, 3.8) is 0 Å². The molecule has 0 N–H and O–H groups in total. The highest BCUT2D eigenvalue weighted by atomic mass is 35.5. The Morgan fingerprint density at radius 3 is 2.55 bits per heavy atom. The zero-order valence-corrected chi connectivity index (χ0v) is 13.7. The summed E-state index contributed by atoms with van der Waals surface area (Å²) in [5, 5.41) is 11.0. The molecule has 0 atom stereocenters. The number of carbonyl (C=O) groups is 1. The quantitative estimate of drug-likeness (QED) is 0.790. The summed E-state index contributed by atoms with van der Waals surface area (Å²) in [5.74, 6) is -1.28. The third-order valence-corrected chi connectivity index (χ3v) is 5.82. The molecule has 0 aliphatic carbocycles. The number of nitrogens with zero attached hydrogens (tertiary/aromatic N) is 1. The van der Waals surface area contributed by atoms with Crippen LogP contribution in [-0.4, -0.2) is 38.4 Å². The molecule has 0 amide bonds. The minimum atomic E-state index is -3.69. The average Bonchev–Trinajstić information content (AvgIpc) is 2.49. The molecule has 1 fully saturated rings. The number of carboxylic acids is 1. The van der Waals surface area contributed by atoms with E-state index in [1.807, 2.05) is 6.92 Å². The lowest BCUT2D eigenvalue weighted by molar-refractivity contribution is -0.312. The number of aliphatic carboxylic acids is 1. The zero-order chi connectivity index (χ0) is 16.3. The number of piperidine rings is 1. The number of halogens is 1. The fourth-order valence-electron chi connectivity index (χ4n) is 2.40. The highest BCUT2D eigenvalue weighted by molar-refractivity contribution is 7.89. The first-order chi connectivity index (χ1) is 10.4. The highest BCUT2D eigenvalue weighted by Crippen LogP contribution is 2.30. The fraction of sp³-hybridized carbons (Fsp3) is 0.500. The summed E-state index contributed by atoms with van der Waals surface area (Å²) in [5.41, 5.74) is 0. The monoisotopic (exact) mass is 346 g/mol. The normalized spacial score (nSPS) is 17.4. The summed E-state index contributed by atoms with van der Waals surface area (Å²) >= 11 is 6.02. The SMILES string of the molecule is CCOc1ccc(S(=O)(=O)N2CCC(C(=O)[O-])CC2)cc1Cl. The number of carbonyl (C=O) groups excluding carboxylic acids is 1. The fourth-order valence-corrected chi connectivity index (χ4v) is 4.19. The maximum Gasteiger partial charge on any atom is 0.243 e. The smallest absolute Gasteiger partial charge is 0.243 e. The minimum Gasteiger partial charge on any atom is -0.550 e. The topological polar surface area (TPSA) is 86.7 Å². The summed E-state index contributed by atoms with van der Waals surface area (Å²) in [6.07, 6.45) is 0.513. The Morgan fingerprint density at radius 2 is 2.05 bits per heavy atom. The molecule has 6 nitrogen and oxygen atoms in total. The van der Waals surface area contributed by atoms with Crippen LogP contribution in [0.25, 0.3) is 0 Å². The summed E-state index contributed by atoms with van der Waals surface area (Å²) in [4.78, 5) is 10.9. The first-order valence-corrected chi connectivity index (χ1v) is 8.81. The van der Waals surface area contributed by atoms with Crippen molar-refractivity contribution < 1.29 is 23.1 Å². The maximum atomic E-state index is 12.5. The van der Waals surface area contributed by atoms with Gasteiger partial charge in [-0.15, -0.1) is 0 Å². The standard InChI is InChI=1S/C14H18ClNO5S/c1-2-21-13-4-3-11(9-12(13)15)22(19,20)16-7-5-10(6-8-16)14(17)18/h3-4,9-10H,2,5-8H2,1H3,(H,17,18)/p-1. The molecule has 0 aromatic heterocycles. The molecule has 1 heterocycles. The van der Waals surface area contributed by atoms with E-state index in [4.69, 9.17) is 16.3 Å². The molecule has 2 rings (SSSR count).